The molecule has 0 radical (unpaired) electrons. The van der Waals surface area contributed by atoms with E-state index >= 15 is 0 Å². The van der Waals surface area contributed by atoms with Gasteiger partial charge in [-0.2, -0.15) is 0 Å². The van der Waals surface area contributed by atoms with E-state index in [1.165, 1.54) is 0 Å². The first kappa shape index (κ1) is 16.8. The van der Waals surface area contributed by atoms with Gasteiger partial charge in [0, 0.05) is 32.3 Å². The minimum absolute atomic E-state index is 0.604. The van der Waals surface area contributed by atoms with Gasteiger partial charge in [-0.3, -0.25) is 4.99 Å². The summed E-state index contributed by atoms with van der Waals surface area (Å²) in [5.41, 5.74) is 1.11. The van der Waals surface area contributed by atoms with Crippen molar-refractivity contribution in [1.29, 1.82) is 0 Å². The van der Waals surface area contributed by atoms with Gasteiger partial charge in [-0.1, -0.05) is 23.7 Å². The van der Waals surface area contributed by atoms with Gasteiger partial charge in [-0.05, 0) is 17.7 Å². The number of nitrogens with zero attached hydrogens (tertiary/aromatic N) is 1. The van der Waals surface area contributed by atoms with Crippen molar-refractivity contribution < 1.29 is 9.47 Å². The van der Waals surface area contributed by atoms with E-state index < -0.39 is 0 Å². The first-order chi connectivity index (χ1) is 9.76. The molecule has 2 N–H and O–H groups in total. The highest BCUT2D eigenvalue weighted by molar-refractivity contribution is 6.30. The Balaban J connectivity index is 2.20. The van der Waals surface area contributed by atoms with E-state index in [0.29, 0.717) is 32.9 Å². The van der Waals surface area contributed by atoms with E-state index in [1.54, 1.807) is 14.2 Å². The molecule has 5 nitrogen and oxygen atoms in total. The number of benzene rings is 1. The summed E-state index contributed by atoms with van der Waals surface area (Å²) < 4.78 is 10.3. The molecule has 0 heterocycles. The van der Waals surface area contributed by atoms with Gasteiger partial charge in [0.15, 0.2) is 5.96 Å². The molecular weight excluding hydrogens is 278 g/mol. The molecule has 0 aliphatic heterocycles. The number of methoxy groups -OCH3 is 1. The molecule has 6 heteroatoms. The minimum atomic E-state index is 0.604. The van der Waals surface area contributed by atoms with Crippen molar-refractivity contribution in [3.05, 3.63) is 34.9 Å². The minimum Gasteiger partial charge on any atom is -0.382 e. The lowest BCUT2D eigenvalue weighted by molar-refractivity contribution is 0.0733. The number of halogens is 1. The third-order valence-electron chi connectivity index (χ3n) is 2.54. The first-order valence-corrected chi connectivity index (χ1v) is 6.89. The molecule has 112 valence electrons. The molecule has 0 amide bonds. The lowest BCUT2D eigenvalue weighted by Crippen LogP contribution is -2.38. The summed E-state index contributed by atoms with van der Waals surface area (Å²) in [5, 5.41) is 7.12. The van der Waals surface area contributed by atoms with Gasteiger partial charge in [-0.15, -0.1) is 0 Å². The molecule has 1 aromatic rings. The standard InChI is InChI=1S/C14H22ClN3O2/c1-16-14(17-6-7-20-9-8-19-2)18-11-12-4-3-5-13(15)10-12/h3-5,10H,6-9,11H2,1-2H3,(H2,16,17,18). The van der Waals surface area contributed by atoms with Gasteiger partial charge in [0.1, 0.15) is 0 Å². The Kier molecular flexibility index (Phi) is 8.78. The molecule has 0 spiro atoms. The summed E-state index contributed by atoms with van der Waals surface area (Å²) in [6.07, 6.45) is 0. The molecule has 0 atom stereocenters. The highest BCUT2D eigenvalue weighted by Crippen LogP contribution is 2.09. The third kappa shape index (κ3) is 7.33. The Hall–Kier alpha value is -1.30. The lowest BCUT2D eigenvalue weighted by Gasteiger charge is -2.12. The summed E-state index contributed by atoms with van der Waals surface area (Å²) in [5.74, 6) is 0.736. The summed E-state index contributed by atoms with van der Waals surface area (Å²) in [7, 11) is 3.39. The van der Waals surface area contributed by atoms with Crippen LogP contribution in [0.3, 0.4) is 0 Å². The number of guanidine groups is 1. The van der Waals surface area contributed by atoms with Crippen LogP contribution in [0.5, 0.6) is 0 Å². The molecule has 0 aliphatic carbocycles. The van der Waals surface area contributed by atoms with Crippen molar-refractivity contribution in [2.75, 3.05) is 40.5 Å². The molecule has 0 bridgehead atoms. The Labute approximate surface area is 125 Å². The van der Waals surface area contributed by atoms with E-state index in [-0.39, 0.29) is 0 Å². The summed E-state index contributed by atoms with van der Waals surface area (Å²) in [4.78, 5) is 4.14. The number of ether oxygens (including phenoxy) is 2. The van der Waals surface area contributed by atoms with Gasteiger partial charge in [-0.25, -0.2) is 0 Å². The maximum Gasteiger partial charge on any atom is 0.191 e. The van der Waals surface area contributed by atoms with Crippen molar-refractivity contribution in [3.8, 4) is 0 Å². The molecule has 0 saturated heterocycles. The summed E-state index contributed by atoms with van der Waals surface area (Å²) in [6, 6.07) is 7.73. The summed E-state index contributed by atoms with van der Waals surface area (Å²) >= 11 is 5.94. The van der Waals surface area contributed by atoms with E-state index in [4.69, 9.17) is 21.1 Å². The zero-order valence-corrected chi connectivity index (χ0v) is 12.7. The van der Waals surface area contributed by atoms with Gasteiger partial charge in [0.25, 0.3) is 0 Å². The Bertz CT molecular complexity index is 413. The van der Waals surface area contributed by atoms with Crippen LogP contribution in [0.25, 0.3) is 0 Å². The van der Waals surface area contributed by atoms with Crippen LogP contribution in [0.15, 0.2) is 29.3 Å². The molecule has 1 rings (SSSR count). The van der Waals surface area contributed by atoms with Crippen LogP contribution in [-0.2, 0) is 16.0 Å². The topological polar surface area (TPSA) is 54.9 Å². The summed E-state index contributed by atoms with van der Waals surface area (Å²) in [6.45, 7) is 3.19. The molecule has 20 heavy (non-hydrogen) atoms. The van der Waals surface area contributed by atoms with Crippen molar-refractivity contribution in [2.24, 2.45) is 4.99 Å². The lowest BCUT2D eigenvalue weighted by atomic mass is 10.2. The molecule has 1 aromatic carbocycles. The third-order valence-corrected chi connectivity index (χ3v) is 2.78. The number of rotatable bonds is 8. The second kappa shape index (κ2) is 10.5. The van der Waals surface area contributed by atoms with E-state index in [1.807, 2.05) is 24.3 Å². The Morgan fingerprint density at radius 1 is 1.25 bits per heavy atom. The highest BCUT2D eigenvalue weighted by atomic mass is 35.5. The predicted octanol–water partition coefficient (Wildman–Crippen LogP) is 1.67. The van der Waals surface area contributed by atoms with Gasteiger partial charge in [0.2, 0.25) is 0 Å². The van der Waals surface area contributed by atoms with E-state index in [0.717, 1.165) is 16.5 Å². The Morgan fingerprint density at radius 3 is 2.80 bits per heavy atom. The van der Waals surface area contributed by atoms with Crippen molar-refractivity contribution >= 4 is 17.6 Å². The number of hydrogen-bond acceptors (Lipinski definition) is 3. The quantitative estimate of drug-likeness (QED) is 0.435. The van der Waals surface area contributed by atoms with Crippen molar-refractivity contribution in [2.45, 2.75) is 6.54 Å². The molecule has 0 aromatic heterocycles. The second-order valence-corrected chi connectivity index (χ2v) is 4.52. The molecule has 0 aliphatic rings. The first-order valence-electron chi connectivity index (χ1n) is 6.52. The molecular formula is C14H22ClN3O2. The van der Waals surface area contributed by atoms with E-state index in [2.05, 4.69) is 15.6 Å². The van der Waals surface area contributed by atoms with Gasteiger partial charge < -0.3 is 20.1 Å². The molecule has 0 fully saturated rings. The zero-order valence-electron chi connectivity index (χ0n) is 12.0. The average Bonchev–Trinajstić information content (AvgIpc) is 2.46. The molecule has 0 unspecified atom stereocenters. The van der Waals surface area contributed by atoms with Crippen LogP contribution in [0.1, 0.15) is 5.56 Å². The SMILES string of the molecule is CN=C(NCCOCCOC)NCc1cccc(Cl)c1. The molecule has 0 saturated carbocycles. The van der Waals surface area contributed by atoms with Crippen molar-refractivity contribution in [3.63, 3.8) is 0 Å². The van der Waals surface area contributed by atoms with Gasteiger partial charge >= 0.3 is 0 Å². The largest absolute Gasteiger partial charge is 0.382 e. The normalized spacial score (nSPS) is 11.4. The fourth-order valence-electron chi connectivity index (χ4n) is 1.54. The second-order valence-electron chi connectivity index (χ2n) is 4.09. The number of aliphatic imine (C=N–C) groups is 1. The average molecular weight is 300 g/mol. The van der Waals surface area contributed by atoms with Crippen LogP contribution in [-0.4, -0.2) is 46.5 Å². The van der Waals surface area contributed by atoms with Crippen molar-refractivity contribution in [1.82, 2.24) is 10.6 Å². The monoisotopic (exact) mass is 299 g/mol. The zero-order chi connectivity index (χ0) is 14.6. The number of hydrogen-bond donors (Lipinski definition) is 2. The smallest absolute Gasteiger partial charge is 0.191 e. The van der Waals surface area contributed by atoms with E-state index in [9.17, 15) is 0 Å². The van der Waals surface area contributed by atoms with Crippen LogP contribution < -0.4 is 10.6 Å². The van der Waals surface area contributed by atoms with Crippen LogP contribution >= 0.6 is 11.6 Å². The maximum absolute atomic E-state index is 5.94. The predicted molar refractivity (Wildman–Crippen MR) is 82.3 cm³/mol. The van der Waals surface area contributed by atoms with Crippen LogP contribution in [0.2, 0.25) is 5.02 Å². The van der Waals surface area contributed by atoms with Crippen LogP contribution in [0.4, 0.5) is 0 Å². The Morgan fingerprint density at radius 2 is 2.10 bits per heavy atom. The van der Waals surface area contributed by atoms with Gasteiger partial charge in [0.05, 0.1) is 19.8 Å². The van der Waals surface area contributed by atoms with Crippen LogP contribution in [0, 0.1) is 0 Å². The fourth-order valence-corrected chi connectivity index (χ4v) is 1.75. The highest BCUT2D eigenvalue weighted by Gasteiger charge is 1.98. The number of nitrogens with one attached hydrogen (secondary N) is 2. The fraction of sp³-hybridized carbons (Fsp3) is 0.500. The maximum atomic E-state index is 5.94.